The maximum Gasteiger partial charge on any atom is 0.308 e. The Morgan fingerprint density at radius 1 is 1.43 bits per heavy atom. The molecule has 1 aromatic rings. The molecule has 1 saturated carbocycles. The third-order valence-electron chi connectivity index (χ3n) is 4.79. The number of hydrogen-bond acceptors (Lipinski definition) is 6. The molecule has 3 atom stereocenters. The minimum atomic E-state index is -0.0952. The number of nitrogens with two attached hydrogens (primary N) is 1. The zero-order valence-corrected chi connectivity index (χ0v) is 12.6. The predicted molar refractivity (Wildman–Crippen MR) is 76.5 cm³/mol. The minimum absolute atomic E-state index is 0.0496. The molecule has 0 bridgehead atoms. The van der Waals surface area contributed by atoms with E-state index in [1.807, 2.05) is 13.8 Å². The Hall–Kier alpha value is -1.63. The van der Waals surface area contributed by atoms with E-state index < -0.39 is 0 Å². The van der Waals surface area contributed by atoms with Gasteiger partial charge in [-0.25, -0.2) is 11.4 Å². The molecule has 0 amide bonds. The van der Waals surface area contributed by atoms with E-state index in [1.54, 1.807) is 4.79 Å². The van der Waals surface area contributed by atoms with Gasteiger partial charge in [-0.2, -0.15) is 0 Å². The summed E-state index contributed by atoms with van der Waals surface area (Å²) in [6.45, 7) is 4.30. The Morgan fingerprint density at radius 3 is 2.81 bits per heavy atom. The lowest BCUT2D eigenvalue weighted by atomic mass is 10.0. The highest BCUT2D eigenvalue weighted by Crippen LogP contribution is 2.52. The lowest BCUT2D eigenvalue weighted by molar-refractivity contribution is -0.148. The Labute approximate surface area is 124 Å². The predicted octanol–water partition coefficient (Wildman–Crippen LogP) is 0.636. The van der Waals surface area contributed by atoms with Crippen LogP contribution in [0.1, 0.15) is 38.1 Å². The molecular weight excluding hydrogens is 270 g/mol. The highest BCUT2D eigenvalue weighted by molar-refractivity contribution is 5.71. The summed E-state index contributed by atoms with van der Waals surface area (Å²) in [6.07, 6.45) is 4.01. The van der Waals surface area contributed by atoms with Crippen LogP contribution in [0.25, 0.3) is 0 Å². The van der Waals surface area contributed by atoms with Crippen LogP contribution in [-0.4, -0.2) is 27.7 Å². The summed E-state index contributed by atoms with van der Waals surface area (Å²) in [5, 5.41) is 8.19. The van der Waals surface area contributed by atoms with Gasteiger partial charge in [0, 0.05) is 0 Å². The summed E-state index contributed by atoms with van der Waals surface area (Å²) < 4.78 is 5.40. The zero-order valence-electron chi connectivity index (χ0n) is 12.6. The Kier molecular flexibility index (Phi) is 3.84. The number of esters is 1. The maximum absolute atomic E-state index is 11.6. The van der Waals surface area contributed by atoms with Crippen molar-refractivity contribution in [1.29, 1.82) is 0 Å². The van der Waals surface area contributed by atoms with Crippen molar-refractivity contribution in [2.24, 2.45) is 29.5 Å². The molecule has 1 fully saturated rings. The van der Waals surface area contributed by atoms with Crippen molar-refractivity contribution in [3.05, 3.63) is 11.4 Å². The summed E-state index contributed by atoms with van der Waals surface area (Å²) in [6, 6.07) is 0. The van der Waals surface area contributed by atoms with E-state index in [0.717, 1.165) is 37.1 Å². The zero-order chi connectivity index (χ0) is 15.0. The van der Waals surface area contributed by atoms with Crippen LogP contribution in [0.2, 0.25) is 0 Å². The second kappa shape index (κ2) is 5.63. The number of fused-ring (bicyclic) bond motifs is 2. The van der Waals surface area contributed by atoms with Crippen molar-refractivity contribution in [3.63, 3.8) is 0 Å². The van der Waals surface area contributed by atoms with Crippen LogP contribution in [0, 0.1) is 23.7 Å². The van der Waals surface area contributed by atoms with E-state index in [4.69, 9.17) is 10.6 Å². The second-order valence-corrected chi connectivity index (χ2v) is 6.38. The Bertz CT molecular complexity index is 527. The molecule has 7 nitrogen and oxygen atoms in total. The van der Waals surface area contributed by atoms with Crippen molar-refractivity contribution in [1.82, 2.24) is 15.1 Å². The number of carbonyl (C=O) groups is 1. The van der Waals surface area contributed by atoms with E-state index in [0.29, 0.717) is 24.4 Å². The normalized spacial score (nSPS) is 27.3. The fourth-order valence-electron chi connectivity index (χ4n) is 3.46. The van der Waals surface area contributed by atoms with Crippen LogP contribution >= 0.6 is 0 Å². The Morgan fingerprint density at radius 2 is 2.14 bits per heavy atom. The Balaban J connectivity index is 1.58. The lowest BCUT2D eigenvalue weighted by Gasteiger charge is -2.09. The maximum atomic E-state index is 11.6. The average molecular weight is 293 g/mol. The van der Waals surface area contributed by atoms with Crippen molar-refractivity contribution < 1.29 is 9.53 Å². The topological polar surface area (TPSA) is 95.1 Å². The van der Waals surface area contributed by atoms with Gasteiger partial charge in [-0.15, -0.1) is 9.89 Å². The van der Waals surface area contributed by atoms with Gasteiger partial charge in [0.25, 0.3) is 0 Å². The van der Waals surface area contributed by atoms with Gasteiger partial charge >= 0.3 is 5.97 Å². The fourth-order valence-corrected chi connectivity index (χ4v) is 3.46. The molecule has 0 spiro atoms. The van der Waals surface area contributed by atoms with Crippen LogP contribution in [0.4, 0.5) is 0 Å². The van der Waals surface area contributed by atoms with E-state index in [1.165, 1.54) is 0 Å². The van der Waals surface area contributed by atoms with Crippen molar-refractivity contribution in [2.75, 3.05) is 12.1 Å². The molecule has 2 aliphatic rings. The molecule has 3 rings (SSSR count). The monoisotopic (exact) mass is 293 g/mol. The van der Waals surface area contributed by atoms with Gasteiger partial charge in [0.2, 0.25) is 0 Å². The first kappa shape index (κ1) is 14.3. The van der Waals surface area contributed by atoms with Gasteiger partial charge in [-0.1, -0.05) is 13.8 Å². The number of aryl methyl sites for hydroxylation is 1. The smallest absolute Gasteiger partial charge is 0.308 e. The molecule has 1 aromatic heterocycles. The van der Waals surface area contributed by atoms with Crippen molar-refractivity contribution >= 4 is 5.97 Å². The molecule has 3 N–H and O–H groups in total. The second-order valence-electron chi connectivity index (χ2n) is 6.38. The van der Waals surface area contributed by atoms with E-state index in [9.17, 15) is 4.79 Å². The average Bonchev–Trinajstić information content (AvgIpc) is 2.95. The molecule has 0 aliphatic heterocycles. The SMILES string of the molecule is CC(C)C(=O)OCC1C2CCc3nnn(NN)c3CCC21. The summed E-state index contributed by atoms with van der Waals surface area (Å²) in [5.74, 6) is 7.13. The van der Waals surface area contributed by atoms with Crippen LogP contribution in [0.15, 0.2) is 0 Å². The first-order valence-corrected chi connectivity index (χ1v) is 7.68. The van der Waals surface area contributed by atoms with Gasteiger partial charge in [-0.05, 0) is 48.7 Å². The summed E-state index contributed by atoms with van der Waals surface area (Å²) in [7, 11) is 0. The lowest BCUT2D eigenvalue weighted by Crippen LogP contribution is -2.25. The van der Waals surface area contributed by atoms with Gasteiger partial charge in [-0.3, -0.25) is 4.79 Å². The molecular formula is C14H23N5O2. The van der Waals surface area contributed by atoms with Gasteiger partial charge in [0.05, 0.1) is 23.9 Å². The number of nitrogen functional groups attached to an aromatic ring is 1. The van der Waals surface area contributed by atoms with Crippen LogP contribution in [0.3, 0.4) is 0 Å². The third-order valence-corrected chi connectivity index (χ3v) is 4.79. The number of nitrogens with zero attached hydrogens (tertiary/aromatic N) is 3. The number of hydrogen-bond donors (Lipinski definition) is 2. The number of rotatable bonds is 4. The summed E-state index contributed by atoms with van der Waals surface area (Å²) in [5.41, 5.74) is 4.67. The highest BCUT2D eigenvalue weighted by atomic mass is 16.5. The van der Waals surface area contributed by atoms with Crippen LogP contribution in [-0.2, 0) is 22.4 Å². The molecule has 21 heavy (non-hydrogen) atoms. The summed E-state index contributed by atoms with van der Waals surface area (Å²) in [4.78, 5) is 13.1. The molecule has 2 aliphatic carbocycles. The number of nitrogens with one attached hydrogen (secondary N) is 1. The van der Waals surface area contributed by atoms with Crippen molar-refractivity contribution in [2.45, 2.75) is 39.5 Å². The summed E-state index contributed by atoms with van der Waals surface area (Å²) >= 11 is 0. The van der Waals surface area contributed by atoms with E-state index in [-0.39, 0.29) is 11.9 Å². The third kappa shape index (κ3) is 2.74. The fraction of sp³-hybridized carbons (Fsp3) is 0.786. The van der Waals surface area contributed by atoms with Crippen LogP contribution in [0.5, 0.6) is 0 Å². The molecule has 0 saturated heterocycles. The van der Waals surface area contributed by atoms with E-state index >= 15 is 0 Å². The number of aromatic nitrogens is 3. The van der Waals surface area contributed by atoms with Crippen LogP contribution < -0.4 is 11.4 Å². The molecule has 0 aromatic carbocycles. The van der Waals surface area contributed by atoms with Gasteiger partial charge < -0.3 is 4.74 Å². The van der Waals surface area contributed by atoms with Gasteiger partial charge in [0.15, 0.2) is 0 Å². The van der Waals surface area contributed by atoms with Gasteiger partial charge in [0.1, 0.15) is 0 Å². The highest BCUT2D eigenvalue weighted by Gasteiger charge is 2.50. The first-order valence-electron chi connectivity index (χ1n) is 7.68. The molecule has 116 valence electrons. The molecule has 0 radical (unpaired) electrons. The first-order chi connectivity index (χ1) is 10.1. The van der Waals surface area contributed by atoms with Crippen molar-refractivity contribution in [3.8, 4) is 0 Å². The quantitative estimate of drug-likeness (QED) is 0.480. The molecule has 7 heteroatoms. The number of hydrazine groups is 1. The van der Waals surface area contributed by atoms with E-state index in [2.05, 4.69) is 15.8 Å². The minimum Gasteiger partial charge on any atom is -0.465 e. The molecule has 1 heterocycles. The molecule has 3 unspecified atom stereocenters. The standard InChI is InChI=1S/C14H23N5O2/c1-8(2)14(20)21-7-11-9-3-5-12-13(6-4-10(9)11)19(17-15)18-16-12/h8-11,17H,3-7,15H2,1-2H3. The number of carbonyl (C=O) groups excluding carboxylic acids is 1. The largest absolute Gasteiger partial charge is 0.465 e. The number of ether oxygens (including phenoxy) is 1.